The van der Waals surface area contributed by atoms with E-state index in [0.717, 1.165) is 0 Å². The average molecular weight is 204 g/mol. The molecule has 0 N–H and O–H groups in total. The molecule has 5 heteroatoms. The van der Waals surface area contributed by atoms with Gasteiger partial charge in [0.05, 0.1) is 7.11 Å². The van der Waals surface area contributed by atoms with E-state index in [-0.39, 0.29) is 24.0 Å². The van der Waals surface area contributed by atoms with Crippen LogP contribution in [0.25, 0.3) is 0 Å². The van der Waals surface area contributed by atoms with E-state index in [9.17, 15) is 9.59 Å². The van der Waals surface area contributed by atoms with Gasteiger partial charge in [0.15, 0.2) is 0 Å². The molecule has 1 saturated heterocycles. The topological polar surface area (TPSA) is 52.6 Å². The molecule has 0 aromatic heterocycles. The first-order chi connectivity index (χ1) is 6.15. The summed E-state index contributed by atoms with van der Waals surface area (Å²) in [5, 5.41) is 0. The summed E-state index contributed by atoms with van der Waals surface area (Å²) in [4.78, 5) is 21.9. The zero-order valence-corrected chi connectivity index (χ0v) is 8.43. The Bertz CT molecular complexity index is 216. The molecule has 0 aromatic rings. The Labute approximate surface area is 81.0 Å². The molecule has 1 aliphatic heterocycles. The van der Waals surface area contributed by atoms with E-state index in [2.05, 4.69) is 4.74 Å². The maximum Gasteiger partial charge on any atom is 0.313 e. The minimum Gasteiger partial charge on any atom is -0.469 e. The van der Waals surface area contributed by atoms with Gasteiger partial charge in [-0.25, -0.2) is 0 Å². The fourth-order valence-corrected chi connectivity index (χ4v) is 2.51. The zero-order valence-electron chi connectivity index (χ0n) is 7.61. The van der Waals surface area contributed by atoms with Crippen molar-refractivity contribution in [1.29, 1.82) is 0 Å². The lowest BCUT2D eigenvalue weighted by atomic mass is 10.1. The van der Waals surface area contributed by atoms with Crippen LogP contribution in [0.3, 0.4) is 0 Å². The maximum atomic E-state index is 11.2. The van der Waals surface area contributed by atoms with E-state index >= 15 is 0 Å². The van der Waals surface area contributed by atoms with Crippen LogP contribution in [0.5, 0.6) is 0 Å². The van der Waals surface area contributed by atoms with Crippen LogP contribution in [0, 0.1) is 5.92 Å². The normalized spacial score (nSPS) is 26.9. The van der Waals surface area contributed by atoms with Gasteiger partial charge in [-0.3, -0.25) is 9.59 Å². The fraction of sp³-hybridized carbons (Fsp3) is 0.750. The van der Waals surface area contributed by atoms with Gasteiger partial charge in [-0.1, -0.05) is 0 Å². The summed E-state index contributed by atoms with van der Waals surface area (Å²) in [6.07, 6.45) is -0.310. The number of carbonyl (C=O) groups is 2. The molecule has 1 fully saturated rings. The van der Waals surface area contributed by atoms with Gasteiger partial charge in [0.2, 0.25) is 0 Å². The summed E-state index contributed by atoms with van der Waals surface area (Å²) < 4.78 is 9.59. The molecule has 0 aliphatic carbocycles. The summed E-state index contributed by atoms with van der Waals surface area (Å²) in [5.41, 5.74) is 0. The van der Waals surface area contributed by atoms with Crippen molar-refractivity contribution in [3.05, 3.63) is 0 Å². The average Bonchev–Trinajstić information content (AvgIpc) is 2.50. The summed E-state index contributed by atoms with van der Waals surface area (Å²) in [6, 6.07) is 0. The molecule has 2 atom stereocenters. The standard InChI is InChI=1S/C8H12O4S/c1-5(9)12-7-4-13-3-6(7)8(10)11-2/h6-7H,3-4H2,1-2H3/t6-,7+/m1/s1. The van der Waals surface area contributed by atoms with Crippen LogP contribution in [-0.4, -0.2) is 36.7 Å². The minimum absolute atomic E-state index is 0.293. The van der Waals surface area contributed by atoms with Crippen molar-refractivity contribution < 1.29 is 19.1 Å². The highest BCUT2D eigenvalue weighted by molar-refractivity contribution is 7.99. The molecule has 4 nitrogen and oxygen atoms in total. The summed E-state index contributed by atoms with van der Waals surface area (Å²) in [6.45, 7) is 1.34. The first kappa shape index (κ1) is 10.4. The largest absolute Gasteiger partial charge is 0.469 e. The fourth-order valence-electron chi connectivity index (χ4n) is 1.24. The molecule has 1 rings (SSSR count). The first-order valence-corrected chi connectivity index (χ1v) is 5.13. The van der Waals surface area contributed by atoms with E-state index in [4.69, 9.17) is 4.74 Å². The van der Waals surface area contributed by atoms with Crippen molar-refractivity contribution >= 4 is 23.7 Å². The molecular weight excluding hydrogens is 192 g/mol. The molecule has 1 heterocycles. The molecule has 0 bridgehead atoms. The van der Waals surface area contributed by atoms with Crippen LogP contribution >= 0.6 is 11.8 Å². The van der Waals surface area contributed by atoms with E-state index in [0.29, 0.717) is 11.5 Å². The predicted octanol–water partition coefficient (Wildman–Crippen LogP) is 0.454. The number of ether oxygens (including phenoxy) is 2. The minimum atomic E-state index is -0.346. The molecule has 0 saturated carbocycles. The Kier molecular flexibility index (Phi) is 3.59. The van der Waals surface area contributed by atoms with Crippen molar-refractivity contribution in [2.45, 2.75) is 13.0 Å². The highest BCUT2D eigenvalue weighted by Gasteiger charge is 2.36. The lowest BCUT2D eigenvalue weighted by Gasteiger charge is -2.15. The van der Waals surface area contributed by atoms with Crippen LogP contribution in [0.15, 0.2) is 0 Å². The number of thioether (sulfide) groups is 1. The highest BCUT2D eigenvalue weighted by Crippen LogP contribution is 2.27. The molecule has 0 radical (unpaired) electrons. The Morgan fingerprint density at radius 3 is 2.62 bits per heavy atom. The molecule has 0 amide bonds. The van der Waals surface area contributed by atoms with Crippen LogP contribution in [0.1, 0.15) is 6.92 Å². The van der Waals surface area contributed by atoms with Crippen LogP contribution < -0.4 is 0 Å². The SMILES string of the molecule is COC(=O)[C@@H]1CSC[C@@H]1OC(C)=O. The van der Waals surface area contributed by atoms with Gasteiger partial charge in [-0.05, 0) is 0 Å². The molecule has 74 valence electrons. The molecular formula is C8H12O4S. The van der Waals surface area contributed by atoms with Gasteiger partial charge < -0.3 is 9.47 Å². The zero-order chi connectivity index (χ0) is 9.84. The van der Waals surface area contributed by atoms with Crippen LogP contribution in [0.4, 0.5) is 0 Å². The van der Waals surface area contributed by atoms with Gasteiger partial charge in [0.25, 0.3) is 0 Å². The van der Waals surface area contributed by atoms with Gasteiger partial charge in [0, 0.05) is 18.4 Å². The second-order valence-electron chi connectivity index (χ2n) is 2.81. The van der Waals surface area contributed by atoms with E-state index in [1.807, 2.05) is 0 Å². The lowest BCUT2D eigenvalue weighted by Crippen LogP contribution is -2.31. The quantitative estimate of drug-likeness (QED) is 0.611. The van der Waals surface area contributed by atoms with Gasteiger partial charge in [-0.2, -0.15) is 11.8 Å². The maximum absolute atomic E-state index is 11.2. The molecule has 0 unspecified atom stereocenters. The van der Waals surface area contributed by atoms with E-state index in [1.54, 1.807) is 11.8 Å². The van der Waals surface area contributed by atoms with Gasteiger partial charge in [0.1, 0.15) is 12.0 Å². The van der Waals surface area contributed by atoms with Crippen molar-refractivity contribution in [2.75, 3.05) is 18.6 Å². The van der Waals surface area contributed by atoms with Crippen molar-refractivity contribution in [3.63, 3.8) is 0 Å². The monoisotopic (exact) mass is 204 g/mol. The Morgan fingerprint density at radius 1 is 1.38 bits per heavy atom. The molecule has 1 aliphatic rings. The van der Waals surface area contributed by atoms with Crippen LogP contribution in [0.2, 0.25) is 0 Å². The number of hydrogen-bond donors (Lipinski definition) is 0. The third-order valence-corrected chi connectivity index (χ3v) is 3.01. The molecule has 13 heavy (non-hydrogen) atoms. The third-order valence-electron chi connectivity index (χ3n) is 1.85. The Morgan fingerprint density at radius 2 is 2.08 bits per heavy atom. The second kappa shape index (κ2) is 4.50. The lowest BCUT2D eigenvalue weighted by molar-refractivity contribution is -0.155. The van der Waals surface area contributed by atoms with Gasteiger partial charge in [-0.15, -0.1) is 0 Å². The number of carbonyl (C=O) groups excluding carboxylic acids is 2. The first-order valence-electron chi connectivity index (χ1n) is 3.98. The van der Waals surface area contributed by atoms with Crippen LogP contribution in [-0.2, 0) is 19.1 Å². The van der Waals surface area contributed by atoms with Crippen molar-refractivity contribution in [1.82, 2.24) is 0 Å². The van der Waals surface area contributed by atoms with Crippen molar-refractivity contribution in [3.8, 4) is 0 Å². The second-order valence-corrected chi connectivity index (χ2v) is 3.89. The summed E-state index contributed by atoms with van der Waals surface area (Å²) in [5.74, 6) is 0.417. The number of methoxy groups -OCH3 is 1. The van der Waals surface area contributed by atoms with E-state index < -0.39 is 0 Å². The van der Waals surface area contributed by atoms with E-state index in [1.165, 1.54) is 14.0 Å². The highest BCUT2D eigenvalue weighted by atomic mass is 32.2. The number of rotatable bonds is 2. The summed E-state index contributed by atoms with van der Waals surface area (Å²) >= 11 is 1.60. The number of hydrogen-bond acceptors (Lipinski definition) is 5. The Balaban J connectivity index is 2.53. The smallest absolute Gasteiger partial charge is 0.313 e. The predicted molar refractivity (Wildman–Crippen MR) is 48.4 cm³/mol. The number of esters is 2. The van der Waals surface area contributed by atoms with Gasteiger partial charge >= 0.3 is 11.9 Å². The molecule has 0 aromatic carbocycles. The van der Waals surface area contributed by atoms with Crippen molar-refractivity contribution in [2.24, 2.45) is 5.92 Å². The third kappa shape index (κ3) is 2.62. The Hall–Kier alpha value is -0.710. The molecule has 0 spiro atoms. The summed E-state index contributed by atoms with van der Waals surface area (Å²) in [7, 11) is 1.34.